The third-order valence-electron chi connectivity index (χ3n) is 2.76. The smallest absolute Gasteiger partial charge is 0.208 e. The lowest BCUT2D eigenvalue weighted by Crippen LogP contribution is -2.26. The van der Waals surface area contributed by atoms with Gasteiger partial charge in [-0.3, -0.25) is 0 Å². The van der Waals surface area contributed by atoms with Gasteiger partial charge in [-0.25, -0.2) is 8.42 Å². The number of nitrogens with zero attached hydrogens (tertiary/aromatic N) is 1. The Morgan fingerprint density at radius 3 is 2.41 bits per heavy atom. The predicted octanol–water partition coefficient (Wildman–Crippen LogP) is 2.73. The van der Waals surface area contributed by atoms with E-state index in [2.05, 4.69) is 0 Å². The van der Waals surface area contributed by atoms with E-state index in [9.17, 15) is 8.42 Å². The largest absolute Gasteiger partial charge is 0.236 e. The van der Waals surface area contributed by atoms with Gasteiger partial charge in [0.2, 0.25) is 10.0 Å². The van der Waals surface area contributed by atoms with E-state index in [1.165, 1.54) is 9.71 Å². The predicted molar refractivity (Wildman–Crippen MR) is 70.2 cm³/mol. The Labute approximate surface area is 107 Å². The molecule has 0 aromatic heterocycles. The standard InChI is InChI=1S/C12H14ClNO2S/c1-14(12-6-7-12)17(15,16)9-8-10-2-4-11(13)5-3-10/h2-5,8-9,12H,6-7H2,1H3/b9-8+. The first-order valence-corrected chi connectivity index (χ1v) is 7.29. The zero-order valence-corrected chi connectivity index (χ0v) is 11.1. The maximum atomic E-state index is 11.9. The number of benzene rings is 1. The Kier molecular flexibility index (Phi) is 3.56. The first kappa shape index (κ1) is 12.6. The van der Waals surface area contributed by atoms with Gasteiger partial charge in [0.05, 0.1) is 0 Å². The summed E-state index contributed by atoms with van der Waals surface area (Å²) >= 11 is 5.75. The van der Waals surface area contributed by atoms with Crippen LogP contribution in [0.4, 0.5) is 0 Å². The number of sulfonamides is 1. The monoisotopic (exact) mass is 271 g/mol. The lowest BCUT2D eigenvalue weighted by atomic mass is 10.2. The molecular weight excluding hydrogens is 258 g/mol. The van der Waals surface area contributed by atoms with Crippen LogP contribution in [0, 0.1) is 0 Å². The van der Waals surface area contributed by atoms with Crippen LogP contribution in [0.1, 0.15) is 18.4 Å². The third kappa shape index (κ3) is 3.31. The number of hydrogen-bond donors (Lipinski definition) is 0. The van der Waals surface area contributed by atoms with Crippen LogP contribution in [0.5, 0.6) is 0 Å². The van der Waals surface area contributed by atoms with Crippen molar-refractivity contribution in [2.75, 3.05) is 7.05 Å². The fourth-order valence-corrected chi connectivity index (χ4v) is 2.75. The van der Waals surface area contributed by atoms with Gasteiger partial charge in [-0.2, -0.15) is 4.31 Å². The van der Waals surface area contributed by atoms with E-state index >= 15 is 0 Å². The van der Waals surface area contributed by atoms with Gasteiger partial charge in [-0.1, -0.05) is 23.7 Å². The molecule has 1 aliphatic rings. The Morgan fingerprint density at radius 2 is 1.88 bits per heavy atom. The molecule has 0 heterocycles. The van der Waals surface area contributed by atoms with E-state index in [0.29, 0.717) is 5.02 Å². The highest BCUT2D eigenvalue weighted by Crippen LogP contribution is 2.28. The summed E-state index contributed by atoms with van der Waals surface area (Å²) in [5.74, 6) is 0. The molecule has 1 fully saturated rings. The highest BCUT2D eigenvalue weighted by atomic mass is 35.5. The molecule has 0 unspecified atom stereocenters. The van der Waals surface area contributed by atoms with Gasteiger partial charge in [0.15, 0.2) is 0 Å². The van der Waals surface area contributed by atoms with Crippen molar-refractivity contribution in [1.29, 1.82) is 0 Å². The van der Waals surface area contributed by atoms with Crippen LogP contribution in [0.2, 0.25) is 5.02 Å². The van der Waals surface area contributed by atoms with Gasteiger partial charge >= 0.3 is 0 Å². The Balaban J connectivity index is 2.11. The second-order valence-electron chi connectivity index (χ2n) is 4.15. The molecule has 0 aliphatic heterocycles. The summed E-state index contributed by atoms with van der Waals surface area (Å²) in [5.41, 5.74) is 0.821. The molecule has 1 aromatic carbocycles. The van der Waals surface area contributed by atoms with Crippen LogP contribution in [-0.2, 0) is 10.0 Å². The molecule has 0 atom stereocenters. The fourth-order valence-electron chi connectivity index (χ4n) is 1.48. The zero-order chi connectivity index (χ0) is 12.5. The Bertz CT molecular complexity index is 518. The number of halogens is 1. The average Bonchev–Trinajstić information content (AvgIpc) is 3.11. The third-order valence-corrected chi connectivity index (χ3v) is 4.60. The van der Waals surface area contributed by atoms with Crippen LogP contribution in [-0.4, -0.2) is 25.8 Å². The van der Waals surface area contributed by atoms with Crippen LogP contribution in [0.15, 0.2) is 29.7 Å². The molecule has 0 spiro atoms. The van der Waals surface area contributed by atoms with Crippen molar-refractivity contribution in [2.24, 2.45) is 0 Å². The normalized spacial score (nSPS) is 16.9. The molecule has 0 bridgehead atoms. The Hall–Kier alpha value is -0.840. The van der Waals surface area contributed by atoms with E-state index < -0.39 is 10.0 Å². The van der Waals surface area contributed by atoms with Crippen molar-refractivity contribution in [2.45, 2.75) is 18.9 Å². The van der Waals surface area contributed by atoms with Crippen LogP contribution < -0.4 is 0 Å². The summed E-state index contributed by atoms with van der Waals surface area (Å²) in [7, 11) is -1.66. The van der Waals surface area contributed by atoms with Crippen LogP contribution in [0.25, 0.3) is 6.08 Å². The topological polar surface area (TPSA) is 37.4 Å². The van der Waals surface area contributed by atoms with Crippen LogP contribution >= 0.6 is 11.6 Å². The highest BCUT2D eigenvalue weighted by Gasteiger charge is 2.32. The molecule has 5 heteroatoms. The summed E-state index contributed by atoms with van der Waals surface area (Å²) in [5, 5.41) is 1.88. The quantitative estimate of drug-likeness (QED) is 0.844. The number of hydrogen-bond acceptors (Lipinski definition) is 2. The fraction of sp³-hybridized carbons (Fsp3) is 0.333. The van der Waals surface area contributed by atoms with E-state index in [4.69, 9.17) is 11.6 Å². The van der Waals surface area contributed by atoms with Crippen molar-refractivity contribution < 1.29 is 8.42 Å². The van der Waals surface area contributed by atoms with E-state index in [0.717, 1.165) is 18.4 Å². The maximum Gasteiger partial charge on any atom is 0.236 e. The molecule has 3 nitrogen and oxygen atoms in total. The molecule has 92 valence electrons. The summed E-state index contributed by atoms with van der Waals surface area (Å²) in [4.78, 5) is 0. The second kappa shape index (κ2) is 4.80. The van der Waals surface area contributed by atoms with Gasteiger partial charge < -0.3 is 0 Å². The second-order valence-corrected chi connectivity index (χ2v) is 6.46. The summed E-state index contributed by atoms with van der Waals surface area (Å²) in [6, 6.07) is 7.23. The molecule has 17 heavy (non-hydrogen) atoms. The first-order chi connectivity index (χ1) is 7.99. The molecule has 1 aromatic rings. The lowest BCUT2D eigenvalue weighted by molar-refractivity contribution is 0.473. The van der Waals surface area contributed by atoms with Crippen molar-refractivity contribution in [3.8, 4) is 0 Å². The molecule has 0 N–H and O–H groups in total. The lowest BCUT2D eigenvalue weighted by Gasteiger charge is -2.12. The van der Waals surface area contributed by atoms with E-state index in [1.54, 1.807) is 37.4 Å². The molecule has 0 amide bonds. The average molecular weight is 272 g/mol. The number of rotatable bonds is 4. The molecule has 0 radical (unpaired) electrons. The summed E-state index contributed by atoms with van der Waals surface area (Å²) in [6.07, 6.45) is 3.51. The minimum absolute atomic E-state index is 0.190. The van der Waals surface area contributed by atoms with E-state index in [1.807, 2.05) is 0 Å². The van der Waals surface area contributed by atoms with Gasteiger partial charge in [0.1, 0.15) is 0 Å². The van der Waals surface area contributed by atoms with Crippen LogP contribution in [0.3, 0.4) is 0 Å². The molecule has 1 saturated carbocycles. The molecular formula is C12H14ClNO2S. The SMILES string of the molecule is CN(C1CC1)S(=O)(=O)/C=C/c1ccc(Cl)cc1. The van der Waals surface area contributed by atoms with Crippen molar-refractivity contribution in [3.63, 3.8) is 0 Å². The van der Waals surface area contributed by atoms with Gasteiger partial charge in [-0.15, -0.1) is 0 Å². The molecule has 1 aliphatic carbocycles. The van der Waals surface area contributed by atoms with Gasteiger partial charge in [0.25, 0.3) is 0 Å². The molecule has 2 rings (SSSR count). The summed E-state index contributed by atoms with van der Waals surface area (Å²) in [6.45, 7) is 0. The zero-order valence-electron chi connectivity index (χ0n) is 9.51. The van der Waals surface area contributed by atoms with Crippen molar-refractivity contribution >= 4 is 27.7 Å². The first-order valence-electron chi connectivity index (χ1n) is 5.41. The van der Waals surface area contributed by atoms with E-state index in [-0.39, 0.29) is 6.04 Å². The van der Waals surface area contributed by atoms with Crippen molar-refractivity contribution in [1.82, 2.24) is 4.31 Å². The Morgan fingerprint density at radius 1 is 1.29 bits per heavy atom. The van der Waals surface area contributed by atoms with Crippen molar-refractivity contribution in [3.05, 3.63) is 40.3 Å². The maximum absolute atomic E-state index is 11.9. The van der Waals surface area contributed by atoms with Gasteiger partial charge in [0, 0.05) is 23.5 Å². The minimum Gasteiger partial charge on any atom is -0.208 e. The molecule has 0 saturated heterocycles. The van der Waals surface area contributed by atoms with Gasteiger partial charge in [-0.05, 0) is 36.6 Å². The summed E-state index contributed by atoms with van der Waals surface area (Å²) < 4.78 is 25.2. The highest BCUT2D eigenvalue weighted by molar-refractivity contribution is 7.92. The minimum atomic E-state index is -3.29.